The Morgan fingerprint density at radius 1 is 1.00 bits per heavy atom. The van der Waals surface area contributed by atoms with Gasteiger partial charge in [-0.25, -0.2) is 4.98 Å². The van der Waals surface area contributed by atoms with Crippen LogP contribution in [0.15, 0.2) is 61.2 Å². The average molecular weight is 434 g/mol. The number of nitrogens with one attached hydrogen (secondary N) is 1. The van der Waals surface area contributed by atoms with Gasteiger partial charge in [0.25, 0.3) is 5.91 Å². The number of ether oxygens (including phenoxy) is 2. The zero-order valence-corrected chi connectivity index (χ0v) is 18.2. The van der Waals surface area contributed by atoms with Crippen LogP contribution in [0.25, 0.3) is 5.69 Å². The highest BCUT2D eigenvalue weighted by Crippen LogP contribution is 2.26. The number of nitrogens with zero attached hydrogens (tertiary/aromatic N) is 3. The molecule has 1 aliphatic heterocycles. The summed E-state index contributed by atoms with van der Waals surface area (Å²) in [4.78, 5) is 31.5. The maximum atomic E-state index is 12.9. The highest BCUT2D eigenvalue weighted by Gasteiger charge is 2.28. The second kappa shape index (κ2) is 9.55. The van der Waals surface area contributed by atoms with E-state index in [1.807, 2.05) is 35.0 Å². The lowest BCUT2D eigenvalue weighted by Crippen LogP contribution is -2.41. The number of amides is 2. The molecule has 3 aromatic rings. The minimum absolute atomic E-state index is 0.0180. The van der Waals surface area contributed by atoms with Crippen LogP contribution < -0.4 is 14.8 Å². The molecule has 2 amide bonds. The Bertz CT molecular complexity index is 1050. The van der Waals surface area contributed by atoms with Crippen LogP contribution in [0.5, 0.6) is 11.5 Å². The van der Waals surface area contributed by atoms with Crippen molar-refractivity contribution in [3.8, 4) is 17.2 Å². The summed E-state index contributed by atoms with van der Waals surface area (Å²) in [7, 11) is 3.11. The average Bonchev–Trinajstić information content (AvgIpc) is 3.39. The van der Waals surface area contributed by atoms with Gasteiger partial charge in [0, 0.05) is 54.4 Å². The predicted octanol–water partition coefficient (Wildman–Crippen LogP) is 3.38. The Kier molecular flexibility index (Phi) is 6.39. The van der Waals surface area contributed by atoms with E-state index in [0.717, 1.165) is 11.4 Å². The normalized spacial score (nSPS) is 14.1. The molecule has 0 saturated carbocycles. The van der Waals surface area contributed by atoms with Crippen molar-refractivity contribution in [3.63, 3.8) is 0 Å². The number of carbonyl (C=O) groups excluding carboxylic acids is 2. The molecule has 0 unspecified atom stereocenters. The molecule has 0 atom stereocenters. The lowest BCUT2D eigenvalue weighted by atomic mass is 9.95. The van der Waals surface area contributed by atoms with Crippen LogP contribution in [-0.4, -0.2) is 53.6 Å². The fraction of sp³-hybridized carbons (Fsp3) is 0.292. The van der Waals surface area contributed by atoms with E-state index in [9.17, 15) is 9.59 Å². The number of aromatic nitrogens is 2. The van der Waals surface area contributed by atoms with E-state index in [0.29, 0.717) is 43.0 Å². The van der Waals surface area contributed by atoms with Crippen molar-refractivity contribution >= 4 is 17.5 Å². The van der Waals surface area contributed by atoms with Crippen molar-refractivity contribution in [3.05, 3.63) is 66.7 Å². The molecule has 0 spiro atoms. The molecule has 2 heterocycles. The number of imidazole rings is 1. The van der Waals surface area contributed by atoms with Crippen molar-refractivity contribution in [2.75, 3.05) is 32.6 Å². The molecule has 1 aliphatic rings. The number of carbonyl (C=O) groups is 2. The second-order valence-electron chi connectivity index (χ2n) is 7.67. The maximum absolute atomic E-state index is 12.9. The Labute approximate surface area is 186 Å². The molecule has 1 N–H and O–H groups in total. The lowest BCUT2D eigenvalue weighted by molar-refractivity contribution is -0.121. The highest BCUT2D eigenvalue weighted by molar-refractivity contribution is 5.96. The van der Waals surface area contributed by atoms with Gasteiger partial charge in [0.15, 0.2) is 0 Å². The highest BCUT2D eigenvalue weighted by atomic mass is 16.5. The Balaban J connectivity index is 1.33. The summed E-state index contributed by atoms with van der Waals surface area (Å²) >= 11 is 0. The molecule has 1 fully saturated rings. The number of piperidine rings is 1. The Morgan fingerprint density at radius 3 is 2.22 bits per heavy atom. The monoisotopic (exact) mass is 434 g/mol. The first-order valence-corrected chi connectivity index (χ1v) is 10.5. The third-order valence-electron chi connectivity index (χ3n) is 5.69. The van der Waals surface area contributed by atoms with Gasteiger partial charge in [0.05, 0.1) is 20.5 Å². The first-order chi connectivity index (χ1) is 15.6. The summed E-state index contributed by atoms with van der Waals surface area (Å²) in [6.45, 7) is 1.05. The van der Waals surface area contributed by atoms with Crippen LogP contribution in [0, 0.1) is 5.92 Å². The Hall–Kier alpha value is -3.81. The number of rotatable bonds is 6. The molecule has 1 aromatic heterocycles. The van der Waals surface area contributed by atoms with E-state index < -0.39 is 0 Å². The summed E-state index contributed by atoms with van der Waals surface area (Å²) in [6.07, 6.45) is 6.55. The summed E-state index contributed by atoms with van der Waals surface area (Å²) in [6, 6.07) is 12.8. The first kappa shape index (κ1) is 21.4. The van der Waals surface area contributed by atoms with Crippen LogP contribution in [-0.2, 0) is 4.79 Å². The van der Waals surface area contributed by atoms with Gasteiger partial charge in [-0.05, 0) is 49.2 Å². The molecular weight excluding hydrogens is 408 g/mol. The number of methoxy groups -OCH3 is 2. The minimum atomic E-state index is -0.132. The summed E-state index contributed by atoms with van der Waals surface area (Å²) in [5.41, 5.74) is 2.24. The zero-order valence-electron chi connectivity index (χ0n) is 18.2. The van der Waals surface area contributed by atoms with Gasteiger partial charge in [-0.3, -0.25) is 9.59 Å². The SMILES string of the molecule is COc1cc(OC)cc(C(=O)N2CCC(C(=O)Nc3ccc(-n4ccnc4)cc3)CC2)c1. The van der Waals surface area contributed by atoms with Crippen LogP contribution >= 0.6 is 0 Å². The predicted molar refractivity (Wildman–Crippen MR) is 120 cm³/mol. The van der Waals surface area contributed by atoms with E-state index in [4.69, 9.17) is 9.47 Å². The van der Waals surface area contributed by atoms with E-state index in [1.54, 1.807) is 49.8 Å². The molecular formula is C24H26N4O4. The molecule has 0 aliphatic carbocycles. The van der Waals surface area contributed by atoms with Crippen molar-refractivity contribution < 1.29 is 19.1 Å². The number of hydrogen-bond acceptors (Lipinski definition) is 5. The van der Waals surface area contributed by atoms with Crippen LogP contribution in [0.4, 0.5) is 5.69 Å². The number of anilines is 1. The zero-order chi connectivity index (χ0) is 22.5. The third-order valence-corrected chi connectivity index (χ3v) is 5.69. The number of likely N-dealkylation sites (tertiary alicyclic amines) is 1. The van der Waals surface area contributed by atoms with Crippen molar-refractivity contribution in [1.29, 1.82) is 0 Å². The van der Waals surface area contributed by atoms with Crippen LogP contribution in [0.3, 0.4) is 0 Å². The van der Waals surface area contributed by atoms with Crippen LogP contribution in [0.2, 0.25) is 0 Å². The van der Waals surface area contributed by atoms with Gasteiger partial charge in [-0.15, -0.1) is 0 Å². The molecule has 0 bridgehead atoms. The summed E-state index contributed by atoms with van der Waals surface area (Å²) < 4.78 is 12.4. The third kappa shape index (κ3) is 4.74. The van der Waals surface area contributed by atoms with Crippen LogP contribution in [0.1, 0.15) is 23.2 Å². The molecule has 32 heavy (non-hydrogen) atoms. The molecule has 4 rings (SSSR count). The van der Waals surface area contributed by atoms with Gasteiger partial charge in [-0.1, -0.05) is 0 Å². The summed E-state index contributed by atoms with van der Waals surface area (Å²) in [5.74, 6) is 0.904. The van der Waals surface area contributed by atoms with E-state index in [-0.39, 0.29) is 17.7 Å². The molecule has 8 heteroatoms. The number of benzene rings is 2. The van der Waals surface area contributed by atoms with Gasteiger partial charge in [0.2, 0.25) is 5.91 Å². The molecule has 166 valence electrons. The first-order valence-electron chi connectivity index (χ1n) is 10.5. The quantitative estimate of drug-likeness (QED) is 0.643. The van der Waals surface area contributed by atoms with Gasteiger partial charge < -0.3 is 24.3 Å². The molecule has 2 aromatic carbocycles. The fourth-order valence-corrected chi connectivity index (χ4v) is 3.83. The molecule has 8 nitrogen and oxygen atoms in total. The van der Waals surface area contributed by atoms with Gasteiger partial charge >= 0.3 is 0 Å². The van der Waals surface area contributed by atoms with Crippen molar-refractivity contribution in [2.24, 2.45) is 5.92 Å². The minimum Gasteiger partial charge on any atom is -0.497 e. The standard InChI is InChI=1S/C24H26N4O4/c1-31-21-13-18(14-22(15-21)32-2)24(30)27-10-7-17(8-11-27)23(29)26-19-3-5-20(6-4-19)28-12-9-25-16-28/h3-6,9,12-17H,7-8,10-11H2,1-2H3,(H,26,29). The second-order valence-corrected chi connectivity index (χ2v) is 7.67. The van der Waals surface area contributed by atoms with Gasteiger partial charge in [0.1, 0.15) is 11.5 Å². The smallest absolute Gasteiger partial charge is 0.254 e. The maximum Gasteiger partial charge on any atom is 0.254 e. The number of hydrogen-bond donors (Lipinski definition) is 1. The van der Waals surface area contributed by atoms with E-state index >= 15 is 0 Å². The van der Waals surface area contributed by atoms with Crippen molar-refractivity contribution in [1.82, 2.24) is 14.5 Å². The topological polar surface area (TPSA) is 85.7 Å². The van der Waals surface area contributed by atoms with Gasteiger partial charge in [-0.2, -0.15) is 0 Å². The molecule has 1 saturated heterocycles. The largest absolute Gasteiger partial charge is 0.497 e. The molecule has 0 radical (unpaired) electrons. The Morgan fingerprint density at radius 2 is 1.66 bits per heavy atom. The lowest BCUT2D eigenvalue weighted by Gasteiger charge is -2.31. The van der Waals surface area contributed by atoms with E-state index in [2.05, 4.69) is 10.3 Å². The summed E-state index contributed by atoms with van der Waals surface area (Å²) in [5, 5.41) is 2.99. The van der Waals surface area contributed by atoms with Crippen molar-refractivity contribution in [2.45, 2.75) is 12.8 Å². The van der Waals surface area contributed by atoms with E-state index in [1.165, 1.54) is 0 Å². The fourth-order valence-electron chi connectivity index (χ4n) is 3.83.